The number of rotatable bonds is 6. The van der Waals surface area contributed by atoms with E-state index in [2.05, 4.69) is 99.3 Å². The molecule has 3 nitrogen and oxygen atoms in total. The van der Waals surface area contributed by atoms with E-state index in [1.165, 1.54) is 27.8 Å². The molecule has 7 aromatic rings. The Labute approximate surface area is 269 Å². The Hall–Kier alpha value is -5.80. The quantitative estimate of drug-likeness (QED) is 0.139. The topological polar surface area (TPSA) is 37.9 Å². The molecule has 1 heterocycles. The van der Waals surface area contributed by atoms with E-state index >= 15 is 0 Å². The van der Waals surface area contributed by atoms with E-state index in [1.807, 2.05) is 67.6 Å². The first kappa shape index (κ1) is 28.9. The first-order valence-corrected chi connectivity index (χ1v) is 15.5. The lowest BCUT2D eigenvalue weighted by atomic mass is 9.88. The minimum atomic E-state index is 0.588. The van der Waals surface area contributed by atoms with Gasteiger partial charge in [-0.15, -0.1) is 0 Å². The normalized spacial score (nSPS) is 12.2. The van der Waals surface area contributed by atoms with Gasteiger partial charge in [-0.2, -0.15) is 0 Å². The number of hydrogen-bond acceptors (Lipinski definition) is 2. The van der Waals surface area contributed by atoms with Crippen LogP contribution in [-0.2, 0) is 0 Å². The molecule has 0 atom stereocenters. The second kappa shape index (κ2) is 12.3. The minimum Gasteiger partial charge on any atom is -0.456 e. The monoisotopic (exact) mass is 594 g/mol. The fraction of sp³-hybridized carbons (Fsp3) is 0.0698. The van der Waals surface area contributed by atoms with Crippen LogP contribution in [0.15, 0.2) is 161 Å². The van der Waals surface area contributed by atoms with Crippen LogP contribution in [0.2, 0.25) is 0 Å². The molecule has 0 spiro atoms. The van der Waals surface area contributed by atoms with Gasteiger partial charge in [0.2, 0.25) is 0 Å². The van der Waals surface area contributed by atoms with Crippen LogP contribution in [-0.4, -0.2) is 11.5 Å². The average Bonchev–Trinajstić information content (AvgIpc) is 3.47. The Kier molecular flexibility index (Phi) is 7.74. The highest BCUT2D eigenvalue weighted by molar-refractivity contribution is 6.22. The van der Waals surface area contributed by atoms with Crippen LogP contribution in [0.3, 0.4) is 0 Å². The Morgan fingerprint density at radius 3 is 2.00 bits per heavy atom. The van der Waals surface area contributed by atoms with Crippen LogP contribution in [0.5, 0.6) is 0 Å². The minimum absolute atomic E-state index is 0.588. The van der Waals surface area contributed by atoms with E-state index in [1.54, 1.807) is 0 Å². The van der Waals surface area contributed by atoms with Crippen LogP contribution in [0.25, 0.3) is 49.9 Å². The maximum atomic E-state index is 6.45. The summed E-state index contributed by atoms with van der Waals surface area (Å²) in [6.45, 7) is 10.7. The van der Waals surface area contributed by atoms with Crippen LogP contribution >= 0.6 is 0 Å². The summed E-state index contributed by atoms with van der Waals surface area (Å²) in [4.78, 5) is 10.2. The summed E-state index contributed by atoms with van der Waals surface area (Å²) in [5.74, 6) is 0.588. The SMILES string of the molecule is C=C(/N=C(\N=C(/C)c1ccccc1)c1cccc2oc3ccc(-c4cccc(C)c4-c4ccccc4C)cc3c12)c1ccccc1. The lowest BCUT2D eigenvalue weighted by Gasteiger charge is -2.15. The molecule has 6 aromatic carbocycles. The predicted molar refractivity (Wildman–Crippen MR) is 195 cm³/mol. The number of amidine groups is 1. The molecule has 3 heteroatoms. The number of aryl methyl sites for hydroxylation is 2. The van der Waals surface area contributed by atoms with Gasteiger partial charge in [0.1, 0.15) is 11.2 Å². The zero-order valence-corrected chi connectivity index (χ0v) is 26.3. The first-order valence-electron chi connectivity index (χ1n) is 15.5. The first-order chi connectivity index (χ1) is 22.5. The van der Waals surface area contributed by atoms with Crippen molar-refractivity contribution in [3.05, 3.63) is 174 Å². The molecule has 46 heavy (non-hydrogen) atoms. The van der Waals surface area contributed by atoms with Gasteiger partial charge in [-0.05, 0) is 83.5 Å². The zero-order valence-electron chi connectivity index (χ0n) is 26.3. The van der Waals surface area contributed by atoms with Gasteiger partial charge in [0.05, 0.1) is 5.70 Å². The van der Waals surface area contributed by atoms with Gasteiger partial charge in [-0.1, -0.05) is 128 Å². The molecule has 0 aliphatic carbocycles. The molecule has 0 N–H and O–H groups in total. The molecular weight excluding hydrogens is 560 g/mol. The highest BCUT2D eigenvalue weighted by Crippen LogP contribution is 2.40. The molecule has 222 valence electrons. The largest absolute Gasteiger partial charge is 0.456 e. The molecule has 0 aliphatic rings. The maximum Gasteiger partial charge on any atom is 0.160 e. The molecule has 0 aliphatic heterocycles. The maximum absolute atomic E-state index is 6.45. The molecule has 0 radical (unpaired) electrons. The van der Waals surface area contributed by atoms with Crippen molar-refractivity contribution in [1.29, 1.82) is 0 Å². The van der Waals surface area contributed by atoms with Crippen molar-refractivity contribution in [2.24, 2.45) is 9.98 Å². The molecule has 0 saturated heterocycles. The third kappa shape index (κ3) is 5.48. The van der Waals surface area contributed by atoms with Crippen molar-refractivity contribution >= 4 is 39.2 Å². The summed E-state index contributed by atoms with van der Waals surface area (Å²) < 4.78 is 6.45. The molecule has 0 amide bonds. The van der Waals surface area contributed by atoms with E-state index in [9.17, 15) is 0 Å². The summed E-state index contributed by atoms with van der Waals surface area (Å²) in [5.41, 5.74) is 13.3. The predicted octanol–water partition coefficient (Wildman–Crippen LogP) is 11.5. The number of fused-ring (bicyclic) bond motifs is 3. The van der Waals surface area contributed by atoms with Crippen molar-refractivity contribution in [2.45, 2.75) is 20.8 Å². The third-order valence-corrected chi connectivity index (χ3v) is 8.55. The standard InChI is InChI=1S/C43H34N2O/c1-28-15-11-12-21-35(28)41-29(2)16-13-22-36(41)34-25-26-39-38(27-34)42-37(23-14-24-40(42)46-39)43(44-30(3)32-17-7-5-8-18-32)45-31(4)33-19-9-6-10-20-33/h5-27H,3H2,1-2,4H3/b44-43-,45-31+. The van der Waals surface area contributed by atoms with Gasteiger partial charge < -0.3 is 4.42 Å². The number of hydrogen-bond donors (Lipinski definition) is 0. The Balaban J connectivity index is 1.45. The molecular formula is C43H34N2O. The number of aliphatic imine (C=N–C) groups is 2. The van der Waals surface area contributed by atoms with E-state index in [0.717, 1.165) is 49.9 Å². The molecule has 7 rings (SSSR count). The molecule has 0 saturated carbocycles. The third-order valence-electron chi connectivity index (χ3n) is 8.55. The second-order valence-corrected chi connectivity index (χ2v) is 11.6. The fourth-order valence-corrected chi connectivity index (χ4v) is 6.17. The summed E-state index contributed by atoms with van der Waals surface area (Å²) in [7, 11) is 0. The van der Waals surface area contributed by atoms with Crippen molar-refractivity contribution in [2.75, 3.05) is 0 Å². The van der Waals surface area contributed by atoms with Crippen molar-refractivity contribution in [3.63, 3.8) is 0 Å². The van der Waals surface area contributed by atoms with E-state index < -0.39 is 0 Å². The van der Waals surface area contributed by atoms with Gasteiger partial charge >= 0.3 is 0 Å². The molecule has 1 aromatic heterocycles. The second-order valence-electron chi connectivity index (χ2n) is 11.6. The molecule has 0 bridgehead atoms. The van der Waals surface area contributed by atoms with E-state index in [-0.39, 0.29) is 0 Å². The van der Waals surface area contributed by atoms with Crippen LogP contribution in [0, 0.1) is 13.8 Å². The number of nitrogens with zero attached hydrogens (tertiary/aromatic N) is 2. The Morgan fingerprint density at radius 1 is 0.587 bits per heavy atom. The highest BCUT2D eigenvalue weighted by Gasteiger charge is 2.18. The van der Waals surface area contributed by atoms with Crippen LogP contribution < -0.4 is 0 Å². The fourth-order valence-electron chi connectivity index (χ4n) is 6.17. The van der Waals surface area contributed by atoms with Crippen molar-refractivity contribution in [1.82, 2.24) is 0 Å². The average molecular weight is 595 g/mol. The summed E-state index contributed by atoms with van der Waals surface area (Å²) in [5, 5.41) is 2.00. The summed E-state index contributed by atoms with van der Waals surface area (Å²) >= 11 is 0. The van der Waals surface area contributed by atoms with Crippen molar-refractivity contribution < 1.29 is 4.42 Å². The van der Waals surface area contributed by atoms with Gasteiger partial charge in [0.15, 0.2) is 5.84 Å². The van der Waals surface area contributed by atoms with Gasteiger partial charge in [-0.3, -0.25) is 0 Å². The highest BCUT2D eigenvalue weighted by atomic mass is 16.3. The van der Waals surface area contributed by atoms with Crippen molar-refractivity contribution in [3.8, 4) is 22.3 Å². The number of benzene rings is 6. The van der Waals surface area contributed by atoms with Gasteiger partial charge in [0.25, 0.3) is 0 Å². The summed E-state index contributed by atoms with van der Waals surface area (Å²) in [6.07, 6.45) is 0. The zero-order chi connectivity index (χ0) is 31.6. The number of furan rings is 1. The molecule has 0 fully saturated rings. The Bertz CT molecular complexity index is 2290. The van der Waals surface area contributed by atoms with Gasteiger partial charge in [-0.25, -0.2) is 9.98 Å². The lowest BCUT2D eigenvalue weighted by molar-refractivity contribution is 0.669. The van der Waals surface area contributed by atoms with Crippen LogP contribution in [0.1, 0.15) is 34.7 Å². The van der Waals surface area contributed by atoms with Crippen LogP contribution in [0.4, 0.5) is 0 Å². The smallest absolute Gasteiger partial charge is 0.160 e. The lowest BCUT2D eigenvalue weighted by Crippen LogP contribution is -2.05. The molecule has 0 unspecified atom stereocenters. The Morgan fingerprint density at radius 2 is 1.24 bits per heavy atom. The van der Waals surface area contributed by atoms with E-state index in [4.69, 9.17) is 14.4 Å². The van der Waals surface area contributed by atoms with Gasteiger partial charge in [0, 0.05) is 22.0 Å². The summed E-state index contributed by atoms with van der Waals surface area (Å²) in [6, 6.07) is 47.9. The van der Waals surface area contributed by atoms with E-state index in [0.29, 0.717) is 11.5 Å².